The smallest absolute Gasteiger partial charge is 0.317 e. The SMILES string of the molecule is COc1ccc2c(c1)OCC(CNC(=O)N1CCCC1)C2. The van der Waals surface area contributed by atoms with Gasteiger partial charge in [-0.25, -0.2) is 4.79 Å². The Hall–Kier alpha value is -1.91. The highest BCUT2D eigenvalue weighted by Gasteiger charge is 2.23. The molecule has 2 aliphatic heterocycles. The van der Waals surface area contributed by atoms with Gasteiger partial charge in [-0.2, -0.15) is 0 Å². The van der Waals surface area contributed by atoms with Crippen LogP contribution in [0.2, 0.25) is 0 Å². The van der Waals surface area contributed by atoms with Crippen molar-refractivity contribution in [3.05, 3.63) is 23.8 Å². The van der Waals surface area contributed by atoms with E-state index in [2.05, 4.69) is 5.32 Å². The highest BCUT2D eigenvalue weighted by atomic mass is 16.5. The van der Waals surface area contributed by atoms with Gasteiger partial charge in [0.25, 0.3) is 0 Å². The minimum absolute atomic E-state index is 0.0630. The van der Waals surface area contributed by atoms with E-state index in [-0.39, 0.29) is 6.03 Å². The van der Waals surface area contributed by atoms with Gasteiger partial charge in [0.05, 0.1) is 13.7 Å². The van der Waals surface area contributed by atoms with Crippen LogP contribution in [0.1, 0.15) is 18.4 Å². The Morgan fingerprint density at radius 2 is 2.24 bits per heavy atom. The summed E-state index contributed by atoms with van der Waals surface area (Å²) in [5.74, 6) is 2.04. The summed E-state index contributed by atoms with van der Waals surface area (Å²) >= 11 is 0. The number of carbonyl (C=O) groups is 1. The molecule has 3 rings (SSSR count). The number of urea groups is 1. The molecule has 0 bridgehead atoms. The van der Waals surface area contributed by atoms with E-state index in [0.717, 1.165) is 43.9 Å². The molecule has 2 aliphatic rings. The molecule has 1 unspecified atom stereocenters. The van der Waals surface area contributed by atoms with Crippen molar-refractivity contribution in [2.75, 3.05) is 33.4 Å². The summed E-state index contributed by atoms with van der Waals surface area (Å²) in [6.45, 7) is 3.08. The lowest BCUT2D eigenvalue weighted by atomic mass is 9.96. The second kappa shape index (κ2) is 6.24. The Labute approximate surface area is 125 Å². The highest BCUT2D eigenvalue weighted by Crippen LogP contribution is 2.30. The maximum Gasteiger partial charge on any atom is 0.317 e. The quantitative estimate of drug-likeness (QED) is 0.927. The third-order valence-electron chi connectivity index (χ3n) is 4.19. The zero-order valence-corrected chi connectivity index (χ0v) is 12.4. The van der Waals surface area contributed by atoms with Gasteiger partial charge in [-0.3, -0.25) is 0 Å². The first-order valence-electron chi connectivity index (χ1n) is 7.59. The molecular weight excluding hydrogens is 268 g/mol. The zero-order valence-electron chi connectivity index (χ0n) is 12.4. The number of rotatable bonds is 3. The number of amides is 2. The molecule has 1 N–H and O–H groups in total. The molecule has 0 aromatic heterocycles. The number of nitrogens with one attached hydrogen (secondary N) is 1. The lowest BCUT2D eigenvalue weighted by molar-refractivity contribution is 0.194. The van der Waals surface area contributed by atoms with Crippen molar-refractivity contribution < 1.29 is 14.3 Å². The van der Waals surface area contributed by atoms with E-state index >= 15 is 0 Å². The highest BCUT2D eigenvalue weighted by molar-refractivity contribution is 5.74. The summed E-state index contributed by atoms with van der Waals surface area (Å²) in [4.78, 5) is 13.9. The number of ether oxygens (including phenoxy) is 2. The number of carbonyl (C=O) groups excluding carboxylic acids is 1. The van der Waals surface area contributed by atoms with Crippen LogP contribution in [0.15, 0.2) is 18.2 Å². The van der Waals surface area contributed by atoms with Crippen LogP contribution >= 0.6 is 0 Å². The second-order valence-electron chi connectivity index (χ2n) is 5.74. The second-order valence-corrected chi connectivity index (χ2v) is 5.74. The van der Waals surface area contributed by atoms with Crippen molar-refractivity contribution in [2.45, 2.75) is 19.3 Å². The zero-order chi connectivity index (χ0) is 14.7. The summed E-state index contributed by atoms with van der Waals surface area (Å²) in [6, 6.07) is 5.98. The molecule has 1 fully saturated rings. The molecule has 21 heavy (non-hydrogen) atoms. The normalized spacial score (nSPS) is 20.6. The molecule has 0 saturated carbocycles. The lowest BCUT2D eigenvalue weighted by Gasteiger charge is -2.26. The molecule has 0 aliphatic carbocycles. The lowest BCUT2D eigenvalue weighted by Crippen LogP contribution is -2.42. The van der Waals surface area contributed by atoms with Crippen molar-refractivity contribution in [1.82, 2.24) is 10.2 Å². The number of methoxy groups -OCH3 is 1. The Kier molecular flexibility index (Phi) is 4.18. The molecular formula is C16H22N2O3. The molecule has 2 amide bonds. The molecule has 5 nitrogen and oxygen atoms in total. The molecule has 1 saturated heterocycles. The van der Waals surface area contributed by atoms with E-state index in [1.807, 2.05) is 23.1 Å². The number of hydrogen-bond donors (Lipinski definition) is 1. The van der Waals surface area contributed by atoms with Gasteiger partial charge in [0.1, 0.15) is 11.5 Å². The Morgan fingerprint density at radius 1 is 1.43 bits per heavy atom. The van der Waals surface area contributed by atoms with Gasteiger partial charge in [-0.1, -0.05) is 6.07 Å². The number of benzene rings is 1. The summed E-state index contributed by atoms with van der Waals surface area (Å²) in [6.07, 6.45) is 3.17. The molecule has 0 radical (unpaired) electrons. The van der Waals surface area contributed by atoms with Crippen molar-refractivity contribution in [2.24, 2.45) is 5.92 Å². The van der Waals surface area contributed by atoms with Crippen LogP contribution in [-0.4, -0.2) is 44.3 Å². The van der Waals surface area contributed by atoms with Crippen molar-refractivity contribution >= 4 is 6.03 Å². The Morgan fingerprint density at radius 3 is 3.00 bits per heavy atom. The number of fused-ring (bicyclic) bond motifs is 1. The van der Waals surface area contributed by atoms with Gasteiger partial charge in [-0.05, 0) is 30.9 Å². The Bertz CT molecular complexity index is 512. The van der Waals surface area contributed by atoms with Gasteiger partial charge < -0.3 is 19.7 Å². The van der Waals surface area contributed by atoms with Gasteiger partial charge in [0.15, 0.2) is 0 Å². The predicted molar refractivity (Wildman–Crippen MR) is 79.9 cm³/mol. The summed E-state index contributed by atoms with van der Waals surface area (Å²) in [5, 5.41) is 3.03. The van der Waals surface area contributed by atoms with Crippen LogP contribution in [0.5, 0.6) is 11.5 Å². The Balaban J connectivity index is 1.53. The van der Waals surface area contributed by atoms with Gasteiger partial charge >= 0.3 is 6.03 Å². The molecule has 5 heteroatoms. The molecule has 0 spiro atoms. The summed E-state index contributed by atoms with van der Waals surface area (Å²) in [7, 11) is 1.65. The summed E-state index contributed by atoms with van der Waals surface area (Å²) < 4.78 is 11.0. The maximum atomic E-state index is 12.0. The van der Waals surface area contributed by atoms with E-state index in [1.165, 1.54) is 5.56 Å². The number of nitrogens with zero attached hydrogens (tertiary/aromatic N) is 1. The van der Waals surface area contributed by atoms with Gasteiger partial charge in [0.2, 0.25) is 0 Å². The van der Waals surface area contributed by atoms with Crippen molar-refractivity contribution in [3.8, 4) is 11.5 Å². The average Bonchev–Trinajstić information content (AvgIpc) is 3.06. The van der Waals surface area contributed by atoms with E-state index in [4.69, 9.17) is 9.47 Å². The predicted octanol–water partition coefficient (Wildman–Crippen LogP) is 2.05. The minimum atomic E-state index is 0.0630. The largest absolute Gasteiger partial charge is 0.497 e. The van der Waals surface area contributed by atoms with E-state index in [1.54, 1.807) is 7.11 Å². The summed E-state index contributed by atoms with van der Waals surface area (Å²) in [5.41, 5.74) is 1.18. The third kappa shape index (κ3) is 3.23. The molecule has 1 atom stereocenters. The number of hydrogen-bond acceptors (Lipinski definition) is 3. The van der Waals surface area contributed by atoms with Crippen LogP contribution in [0.25, 0.3) is 0 Å². The van der Waals surface area contributed by atoms with Crippen LogP contribution in [0.3, 0.4) is 0 Å². The minimum Gasteiger partial charge on any atom is -0.497 e. The fraction of sp³-hybridized carbons (Fsp3) is 0.562. The first-order chi connectivity index (χ1) is 10.3. The van der Waals surface area contributed by atoms with Crippen LogP contribution in [0.4, 0.5) is 4.79 Å². The molecule has 1 aromatic rings. The van der Waals surface area contributed by atoms with Crippen molar-refractivity contribution in [3.63, 3.8) is 0 Å². The van der Waals surface area contributed by atoms with E-state index < -0.39 is 0 Å². The molecule has 1 aromatic carbocycles. The number of likely N-dealkylation sites (tertiary alicyclic amines) is 1. The standard InChI is InChI=1S/C16H22N2O3/c1-20-14-5-4-13-8-12(11-21-15(13)9-14)10-17-16(19)18-6-2-3-7-18/h4-5,9,12H,2-3,6-8,10-11H2,1H3,(H,17,19). The fourth-order valence-corrected chi connectivity index (χ4v) is 2.94. The first kappa shape index (κ1) is 14.0. The van der Waals surface area contributed by atoms with Crippen LogP contribution in [0, 0.1) is 5.92 Å². The molecule has 2 heterocycles. The fourth-order valence-electron chi connectivity index (χ4n) is 2.94. The molecule has 114 valence electrons. The monoisotopic (exact) mass is 290 g/mol. The third-order valence-corrected chi connectivity index (χ3v) is 4.19. The van der Waals surface area contributed by atoms with Crippen LogP contribution < -0.4 is 14.8 Å². The topological polar surface area (TPSA) is 50.8 Å². The van der Waals surface area contributed by atoms with Gasteiger partial charge in [-0.15, -0.1) is 0 Å². The average molecular weight is 290 g/mol. The van der Waals surface area contributed by atoms with Crippen LogP contribution in [-0.2, 0) is 6.42 Å². The van der Waals surface area contributed by atoms with Gasteiger partial charge in [0, 0.05) is 31.6 Å². The first-order valence-corrected chi connectivity index (χ1v) is 7.59. The maximum absolute atomic E-state index is 12.0. The van der Waals surface area contributed by atoms with E-state index in [0.29, 0.717) is 19.1 Å². The van der Waals surface area contributed by atoms with E-state index in [9.17, 15) is 4.79 Å². The van der Waals surface area contributed by atoms with Crippen molar-refractivity contribution in [1.29, 1.82) is 0 Å².